The Morgan fingerprint density at radius 3 is 2.94 bits per heavy atom. The average Bonchev–Trinajstić information content (AvgIpc) is 2.39. The van der Waals surface area contributed by atoms with Crippen LogP contribution in [0.25, 0.3) is 0 Å². The van der Waals surface area contributed by atoms with Gasteiger partial charge in [-0.25, -0.2) is 0 Å². The molecule has 1 aliphatic rings. The van der Waals surface area contributed by atoms with Gasteiger partial charge in [0.2, 0.25) is 0 Å². The number of Topliss-reactive ketones (excluding diaryl/α,β-unsaturated/α-hetero) is 1. The molecule has 17 heavy (non-hydrogen) atoms. The molecule has 1 N–H and O–H groups in total. The number of thiocarbonyl (C=S) groups is 1. The van der Waals surface area contributed by atoms with Crippen LogP contribution >= 0.6 is 12.2 Å². The lowest BCUT2D eigenvalue weighted by Gasteiger charge is -2.36. The number of carbonyl (C=O) groups is 1. The minimum atomic E-state index is -0.642. The molecule has 1 fully saturated rings. The van der Waals surface area contributed by atoms with Gasteiger partial charge >= 0.3 is 0 Å². The summed E-state index contributed by atoms with van der Waals surface area (Å²) in [5, 5.41) is 2.99. The lowest BCUT2D eigenvalue weighted by Crippen LogP contribution is -2.49. The molecule has 0 aliphatic heterocycles. The molecular weight excluding hydrogens is 232 g/mol. The molecular formula is C13H16N2OS. The number of nitrogens with one attached hydrogen (secondary N) is 1. The van der Waals surface area contributed by atoms with E-state index in [4.69, 9.17) is 12.2 Å². The van der Waals surface area contributed by atoms with Gasteiger partial charge in [-0.15, -0.1) is 0 Å². The van der Waals surface area contributed by atoms with E-state index in [-0.39, 0.29) is 5.78 Å². The first-order valence-electron chi connectivity index (χ1n) is 5.88. The number of ketones is 1. The van der Waals surface area contributed by atoms with Gasteiger partial charge in [-0.3, -0.25) is 9.78 Å². The molecule has 0 spiro atoms. The molecule has 0 radical (unpaired) electrons. The van der Waals surface area contributed by atoms with Crippen molar-refractivity contribution >= 4 is 23.0 Å². The van der Waals surface area contributed by atoms with E-state index in [9.17, 15) is 4.79 Å². The molecule has 0 bridgehead atoms. The number of likely N-dealkylation sites (N-methyl/N-ethyl adjacent to an activating group) is 1. The fraction of sp³-hybridized carbons (Fsp3) is 0.462. The van der Waals surface area contributed by atoms with Crippen LogP contribution in [0.1, 0.15) is 31.2 Å². The highest BCUT2D eigenvalue weighted by Gasteiger charge is 2.44. The molecule has 3 nitrogen and oxygen atoms in total. The molecule has 0 aromatic carbocycles. The van der Waals surface area contributed by atoms with Crippen LogP contribution in [0.3, 0.4) is 0 Å². The second-order valence-corrected chi connectivity index (χ2v) is 4.76. The van der Waals surface area contributed by atoms with Gasteiger partial charge in [-0.1, -0.05) is 24.7 Å². The molecule has 4 heteroatoms. The molecule has 1 saturated carbocycles. The predicted octanol–water partition coefficient (Wildman–Crippen LogP) is 2.01. The maximum Gasteiger partial charge on any atom is 0.150 e. The molecule has 1 aromatic heterocycles. The number of hydrogen-bond acceptors (Lipinski definition) is 3. The van der Waals surface area contributed by atoms with Gasteiger partial charge in [0, 0.05) is 25.9 Å². The largest absolute Gasteiger partial charge is 0.382 e. The summed E-state index contributed by atoms with van der Waals surface area (Å²) in [5.74, 6) is 0.219. The van der Waals surface area contributed by atoms with Crippen molar-refractivity contribution in [3.63, 3.8) is 0 Å². The van der Waals surface area contributed by atoms with Crippen LogP contribution in [0.4, 0.5) is 0 Å². The molecule has 0 unspecified atom stereocenters. The van der Waals surface area contributed by atoms with E-state index in [0.29, 0.717) is 11.4 Å². The highest BCUT2D eigenvalue weighted by Crippen LogP contribution is 2.37. The Morgan fingerprint density at radius 1 is 1.53 bits per heavy atom. The third kappa shape index (κ3) is 1.97. The summed E-state index contributed by atoms with van der Waals surface area (Å²) >= 11 is 5.39. The van der Waals surface area contributed by atoms with Gasteiger partial charge < -0.3 is 5.32 Å². The summed E-state index contributed by atoms with van der Waals surface area (Å²) in [6, 6.07) is 3.80. The van der Waals surface area contributed by atoms with E-state index in [1.165, 1.54) is 0 Å². The van der Waals surface area contributed by atoms with Crippen molar-refractivity contribution in [3.05, 3.63) is 30.1 Å². The van der Waals surface area contributed by atoms with Crippen LogP contribution in [0.2, 0.25) is 0 Å². The van der Waals surface area contributed by atoms with E-state index < -0.39 is 5.41 Å². The Kier molecular flexibility index (Phi) is 3.52. The standard InChI is InChI=1S/C13H16N2OS/c1-14-12(17)13(7-3-2-6-11(13)16)10-5-4-8-15-9-10/h4-5,8-9H,2-3,6-7H2,1H3,(H,14,17)/t13-/m1/s1. The summed E-state index contributed by atoms with van der Waals surface area (Å²) in [6.07, 6.45) is 6.86. The number of aromatic nitrogens is 1. The van der Waals surface area contributed by atoms with E-state index >= 15 is 0 Å². The fourth-order valence-electron chi connectivity index (χ4n) is 2.53. The summed E-state index contributed by atoms with van der Waals surface area (Å²) < 4.78 is 0. The normalized spacial score (nSPS) is 24.4. The van der Waals surface area contributed by atoms with Crippen molar-refractivity contribution in [2.75, 3.05) is 7.05 Å². The van der Waals surface area contributed by atoms with Crippen LogP contribution in [0, 0.1) is 0 Å². The monoisotopic (exact) mass is 248 g/mol. The number of hydrogen-bond donors (Lipinski definition) is 1. The minimum absolute atomic E-state index is 0.219. The van der Waals surface area contributed by atoms with Crippen molar-refractivity contribution < 1.29 is 4.79 Å². The lowest BCUT2D eigenvalue weighted by molar-refractivity contribution is -0.123. The van der Waals surface area contributed by atoms with Crippen molar-refractivity contribution in [1.82, 2.24) is 10.3 Å². The van der Waals surface area contributed by atoms with Gasteiger partial charge in [-0.2, -0.15) is 0 Å². The minimum Gasteiger partial charge on any atom is -0.382 e. The summed E-state index contributed by atoms with van der Waals surface area (Å²) in [4.78, 5) is 17.1. The molecule has 1 aliphatic carbocycles. The number of carbonyl (C=O) groups excluding carboxylic acids is 1. The van der Waals surface area contributed by atoms with Gasteiger partial charge in [0.25, 0.3) is 0 Å². The van der Waals surface area contributed by atoms with Crippen molar-refractivity contribution in [2.45, 2.75) is 31.1 Å². The molecule has 1 heterocycles. The van der Waals surface area contributed by atoms with Gasteiger partial charge in [0.1, 0.15) is 11.2 Å². The summed E-state index contributed by atoms with van der Waals surface area (Å²) in [5.41, 5.74) is 0.278. The molecule has 0 saturated heterocycles. The zero-order chi connectivity index (χ0) is 12.3. The Labute approximate surface area is 107 Å². The first-order valence-corrected chi connectivity index (χ1v) is 6.28. The highest BCUT2D eigenvalue weighted by atomic mass is 32.1. The third-order valence-corrected chi connectivity index (χ3v) is 4.00. The molecule has 90 valence electrons. The van der Waals surface area contributed by atoms with Crippen LogP contribution in [-0.4, -0.2) is 22.8 Å². The fourth-order valence-corrected chi connectivity index (χ4v) is 2.87. The van der Waals surface area contributed by atoms with Crippen LogP contribution in [0.5, 0.6) is 0 Å². The van der Waals surface area contributed by atoms with Crippen LogP contribution < -0.4 is 5.32 Å². The first kappa shape index (κ1) is 12.2. The van der Waals surface area contributed by atoms with Gasteiger partial charge in [-0.05, 0) is 24.5 Å². The quantitative estimate of drug-likeness (QED) is 0.813. The summed E-state index contributed by atoms with van der Waals surface area (Å²) in [7, 11) is 1.78. The smallest absolute Gasteiger partial charge is 0.150 e. The maximum atomic E-state index is 12.4. The maximum absolute atomic E-state index is 12.4. The summed E-state index contributed by atoms with van der Waals surface area (Å²) in [6.45, 7) is 0. The lowest BCUT2D eigenvalue weighted by atomic mass is 9.68. The average molecular weight is 248 g/mol. The first-order chi connectivity index (χ1) is 8.21. The number of pyridine rings is 1. The second kappa shape index (κ2) is 4.92. The Hall–Kier alpha value is -1.29. The molecule has 1 aromatic rings. The number of rotatable bonds is 2. The van der Waals surface area contributed by atoms with Crippen molar-refractivity contribution in [3.8, 4) is 0 Å². The zero-order valence-corrected chi connectivity index (χ0v) is 10.7. The van der Waals surface area contributed by atoms with E-state index in [1.54, 1.807) is 19.4 Å². The van der Waals surface area contributed by atoms with E-state index in [0.717, 1.165) is 24.8 Å². The predicted molar refractivity (Wildman–Crippen MR) is 71.0 cm³/mol. The Bertz CT molecular complexity index is 422. The second-order valence-electron chi connectivity index (χ2n) is 4.36. The Balaban J connectivity index is 2.50. The molecule has 1 atom stereocenters. The van der Waals surface area contributed by atoms with Crippen LogP contribution in [0.15, 0.2) is 24.5 Å². The SMILES string of the molecule is CNC(=S)[C@@]1(c2cccnc2)CCCCC1=O. The van der Waals surface area contributed by atoms with Crippen LogP contribution in [-0.2, 0) is 10.2 Å². The molecule has 2 rings (SSSR count). The third-order valence-electron chi connectivity index (χ3n) is 3.45. The van der Waals surface area contributed by atoms with Gasteiger partial charge in [0.05, 0.1) is 4.99 Å². The van der Waals surface area contributed by atoms with E-state index in [1.807, 2.05) is 12.1 Å². The zero-order valence-electron chi connectivity index (χ0n) is 9.90. The van der Waals surface area contributed by atoms with E-state index in [2.05, 4.69) is 10.3 Å². The highest BCUT2D eigenvalue weighted by molar-refractivity contribution is 7.80. The van der Waals surface area contributed by atoms with Gasteiger partial charge in [0.15, 0.2) is 0 Å². The topological polar surface area (TPSA) is 42.0 Å². The van der Waals surface area contributed by atoms with Crippen molar-refractivity contribution in [1.29, 1.82) is 0 Å². The van der Waals surface area contributed by atoms with Crippen molar-refractivity contribution in [2.24, 2.45) is 0 Å². The Morgan fingerprint density at radius 2 is 2.35 bits per heavy atom. The molecule has 0 amide bonds. The number of nitrogens with zero attached hydrogens (tertiary/aromatic N) is 1.